The van der Waals surface area contributed by atoms with Crippen LogP contribution in [0.5, 0.6) is 0 Å². The van der Waals surface area contributed by atoms with Gasteiger partial charge in [0, 0.05) is 11.6 Å². The average Bonchev–Trinajstić information content (AvgIpc) is 3.23. The fourth-order valence-corrected chi connectivity index (χ4v) is 4.78. The Kier molecular flexibility index (Phi) is 5.14. The molecule has 6 nitrogen and oxygen atoms in total. The lowest BCUT2D eigenvalue weighted by atomic mass is 9.85. The number of hydrogen-bond donors (Lipinski definition) is 1. The third kappa shape index (κ3) is 3.58. The Hall–Kier alpha value is -1.99. The number of nitrogens with one attached hydrogen (secondary N) is 1. The molecule has 1 saturated heterocycles. The Morgan fingerprint density at radius 1 is 1.30 bits per heavy atom. The van der Waals surface area contributed by atoms with Crippen molar-refractivity contribution in [1.29, 1.82) is 0 Å². The number of nitrogens with zero attached hydrogens (tertiary/aromatic N) is 3. The van der Waals surface area contributed by atoms with Crippen molar-refractivity contribution < 1.29 is 9.53 Å². The summed E-state index contributed by atoms with van der Waals surface area (Å²) in [7, 11) is 1.47. The van der Waals surface area contributed by atoms with E-state index in [1.165, 1.54) is 31.9 Å². The Morgan fingerprint density at radius 2 is 2.04 bits per heavy atom. The summed E-state index contributed by atoms with van der Waals surface area (Å²) in [6.07, 6.45) is 5.67. The van der Waals surface area contributed by atoms with Crippen LogP contribution in [0.1, 0.15) is 37.7 Å². The van der Waals surface area contributed by atoms with Gasteiger partial charge in [0.1, 0.15) is 6.04 Å². The molecule has 2 heterocycles. The summed E-state index contributed by atoms with van der Waals surface area (Å²) in [5.74, 6) is 1.18. The topological polar surface area (TPSA) is 63.1 Å². The summed E-state index contributed by atoms with van der Waals surface area (Å²) in [5.41, 5.74) is 2.21. The van der Waals surface area contributed by atoms with Crippen LogP contribution in [0.25, 0.3) is 11.4 Å². The molecule has 1 aliphatic heterocycles. The van der Waals surface area contributed by atoms with E-state index in [-0.39, 0.29) is 12.0 Å². The van der Waals surface area contributed by atoms with Gasteiger partial charge in [-0.25, -0.2) is 4.68 Å². The minimum atomic E-state index is -0.198. The maximum Gasteiger partial charge on any atom is 0.323 e. The SMILES string of the molecule is COC(=O)[C@@H]1C[C@H]2CCCC[C@H]2N1Cn1[nH]c(-c2ccc(C)cc2)nc1=S. The second-order valence-electron chi connectivity index (χ2n) is 7.69. The smallest absolute Gasteiger partial charge is 0.323 e. The van der Waals surface area contributed by atoms with Crippen molar-refractivity contribution in [2.75, 3.05) is 7.11 Å². The number of carbonyl (C=O) groups is 1. The van der Waals surface area contributed by atoms with Crippen LogP contribution in [-0.4, -0.2) is 44.8 Å². The largest absolute Gasteiger partial charge is 0.468 e. The van der Waals surface area contributed by atoms with Gasteiger partial charge in [-0.3, -0.25) is 14.8 Å². The van der Waals surface area contributed by atoms with E-state index in [9.17, 15) is 4.79 Å². The van der Waals surface area contributed by atoms with Gasteiger partial charge in [-0.1, -0.05) is 42.7 Å². The van der Waals surface area contributed by atoms with Gasteiger partial charge in [0.2, 0.25) is 4.77 Å². The molecular formula is C20H26N4O2S. The number of aryl methyl sites for hydroxylation is 1. The van der Waals surface area contributed by atoms with E-state index in [1.54, 1.807) is 0 Å². The van der Waals surface area contributed by atoms with Gasteiger partial charge in [0.05, 0.1) is 13.8 Å². The maximum absolute atomic E-state index is 12.4. The minimum Gasteiger partial charge on any atom is -0.468 e. The van der Waals surface area contributed by atoms with Crippen LogP contribution in [0, 0.1) is 17.6 Å². The summed E-state index contributed by atoms with van der Waals surface area (Å²) in [6.45, 7) is 2.60. The van der Waals surface area contributed by atoms with Crippen molar-refractivity contribution in [3.8, 4) is 11.4 Å². The lowest BCUT2D eigenvalue weighted by Crippen LogP contribution is -2.43. The number of hydrogen-bond acceptors (Lipinski definition) is 5. The Morgan fingerprint density at radius 3 is 2.78 bits per heavy atom. The van der Waals surface area contributed by atoms with Crippen molar-refractivity contribution in [1.82, 2.24) is 19.7 Å². The molecule has 4 rings (SSSR count). The van der Waals surface area contributed by atoms with Crippen LogP contribution in [0.2, 0.25) is 0 Å². The number of aromatic nitrogens is 3. The number of ether oxygens (including phenoxy) is 1. The normalized spacial score (nSPS) is 25.3. The zero-order valence-electron chi connectivity index (χ0n) is 15.9. The van der Waals surface area contributed by atoms with Gasteiger partial charge in [-0.15, -0.1) is 0 Å². The fourth-order valence-electron chi connectivity index (χ4n) is 4.58. The molecule has 2 aliphatic rings. The molecule has 27 heavy (non-hydrogen) atoms. The molecule has 0 amide bonds. The third-order valence-electron chi connectivity index (χ3n) is 6.00. The molecule has 1 saturated carbocycles. The molecule has 0 unspecified atom stereocenters. The molecule has 0 bridgehead atoms. The van der Waals surface area contributed by atoms with Gasteiger partial charge in [-0.2, -0.15) is 4.98 Å². The lowest BCUT2D eigenvalue weighted by molar-refractivity contribution is -0.147. The highest BCUT2D eigenvalue weighted by Crippen LogP contribution is 2.40. The highest BCUT2D eigenvalue weighted by molar-refractivity contribution is 7.71. The molecule has 1 aromatic heterocycles. The minimum absolute atomic E-state index is 0.144. The summed E-state index contributed by atoms with van der Waals surface area (Å²) < 4.78 is 7.46. The van der Waals surface area contributed by atoms with E-state index >= 15 is 0 Å². The molecule has 0 spiro atoms. The van der Waals surface area contributed by atoms with Gasteiger partial charge >= 0.3 is 5.97 Å². The van der Waals surface area contributed by atoms with E-state index in [2.05, 4.69) is 34.0 Å². The molecule has 2 fully saturated rings. The van der Waals surface area contributed by atoms with E-state index in [1.807, 2.05) is 16.8 Å². The molecule has 0 radical (unpaired) electrons. The van der Waals surface area contributed by atoms with Gasteiger partial charge in [0.15, 0.2) is 5.82 Å². The standard InChI is InChI=1S/C20H26N4O2S/c1-13-7-9-14(10-8-13)18-21-20(27)24(22-18)12-23-16-6-4-3-5-15(16)11-17(23)19(25)26-2/h7-10,15-17H,3-6,11-12H2,1-2H3,(H,21,22,27)/t15-,16-,17+/m1/s1. The predicted octanol–water partition coefficient (Wildman–Crippen LogP) is 3.68. The lowest BCUT2D eigenvalue weighted by Gasteiger charge is -2.33. The molecule has 144 valence electrons. The number of esters is 1. The van der Waals surface area contributed by atoms with Crippen molar-refractivity contribution in [3.05, 3.63) is 34.6 Å². The zero-order chi connectivity index (χ0) is 19.0. The molecule has 7 heteroatoms. The summed E-state index contributed by atoms with van der Waals surface area (Å²) in [4.78, 5) is 19.2. The van der Waals surface area contributed by atoms with Crippen LogP contribution in [0.3, 0.4) is 0 Å². The van der Waals surface area contributed by atoms with Crippen LogP contribution in [-0.2, 0) is 16.2 Å². The second-order valence-corrected chi connectivity index (χ2v) is 8.06. The highest BCUT2D eigenvalue weighted by Gasteiger charge is 2.45. The first-order valence-corrected chi connectivity index (χ1v) is 10.0. The first-order valence-electron chi connectivity index (χ1n) is 9.64. The van der Waals surface area contributed by atoms with Crippen LogP contribution >= 0.6 is 12.2 Å². The predicted molar refractivity (Wildman–Crippen MR) is 106 cm³/mol. The van der Waals surface area contributed by atoms with Crippen molar-refractivity contribution in [3.63, 3.8) is 0 Å². The number of benzene rings is 1. The summed E-state index contributed by atoms with van der Waals surface area (Å²) >= 11 is 5.49. The number of carbonyl (C=O) groups excluding carboxylic acids is 1. The van der Waals surface area contributed by atoms with Crippen LogP contribution in [0.4, 0.5) is 0 Å². The third-order valence-corrected chi connectivity index (χ3v) is 6.32. The summed E-state index contributed by atoms with van der Waals surface area (Å²) in [5, 5.41) is 3.32. The van der Waals surface area contributed by atoms with E-state index in [0.717, 1.165) is 24.2 Å². The first-order chi connectivity index (χ1) is 13.1. The Labute approximate surface area is 164 Å². The number of aromatic amines is 1. The summed E-state index contributed by atoms with van der Waals surface area (Å²) in [6, 6.07) is 8.42. The number of methoxy groups -OCH3 is 1. The number of rotatable bonds is 4. The Bertz CT molecular complexity index is 873. The van der Waals surface area contributed by atoms with Crippen molar-refractivity contribution >= 4 is 18.2 Å². The van der Waals surface area contributed by atoms with E-state index < -0.39 is 0 Å². The van der Waals surface area contributed by atoms with E-state index in [0.29, 0.717) is 23.4 Å². The highest BCUT2D eigenvalue weighted by atomic mass is 32.1. The van der Waals surface area contributed by atoms with Crippen molar-refractivity contribution in [2.45, 2.75) is 57.8 Å². The number of fused-ring (bicyclic) bond motifs is 1. The average molecular weight is 387 g/mol. The van der Waals surface area contributed by atoms with E-state index in [4.69, 9.17) is 17.0 Å². The molecule has 2 aromatic rings. The molecule has 1 aromatic carbocycles. The monoisotopic (exact) mass is 386 g/mol. The second kappa shape index (κ2) is 7.56. The number of likely N-dealkylation sites (tertiary alicyclic amines) is 1. The fraction of sp³-hybridized carbons (Fsp3) is 0.550. The van der Waals surface area contributed by atoms with Gasteiger partial charge < -0.3 is 4.74 Å². The van der Waals surface area contributed by atoms with Crippen LogP contribution in [0.15, 0.2) is 24.3 Å². The van der Waals surface area contributed by atoms with Crippen molar-refractivity contribution in [2.24, 2.45) is 5.92 Å². The zero-order valence-corrected chi connectivity index (χ0v) is 16.7. The molecular weight excluding hydrogens is 360 g/mol. The van der Waals surface area contributed by atoms with Gasteiger partial charge in [0.25, 0.3) is 0 Å². The first kappa shape index (κ1) is 18.4. The van der Waals surface area contributed by atoms with Crippen LogP contribution < -0.4 is 0 Å². The van der Waals surface area contributed by atoms with Gasteiger partial charge in [-0.05, 0) is 44.3 Å². The molecule has 3 atom stereocenters. The molecule has 1 N–H and O–H groups in total. The maximum atomic E-state index is 12.4. The number of H-pyrrole nitrogens is 1. The quantitative estimate of drug-likeness (QED) is 0.641. The molecule has 1 aliphatic carbocycles. The Balaban J connectivity index is 1.60.